The number of imide groups is 1. The number of nitrogens with zero attached hydrogens (tertiary/aromatic N) is 1. The number of ether oxygens (including phenoxy) is 1. The fourth-order valence-electron chi connectivity index (χ4n) is 4.14. The molecule has 1 saturated heterocycles. The highest BCUT2D eigenvalue weighted by molar-refractivity contribution is 6.09. The molecule has 1 aliphatic heterocycles. The molecule has 1 saturated carbocycles. The van der Waals surface area contributed by atoms with E-state index in [2.05, 4.69) is 5.32 Å². The van der Waals surface area contributed by atoms with Gasteiger partial charge in [0.05, 0.1) is 18.9 Å². The van der Waals surface area contributed by atoms with E-state index >= 15 is 0 Å². The molecule has 2 unspecified atom stereocenters. The molecule has 3 aliphatic rings. The van der Waals surface area contributed by atoms with Gasteiger partial charge in [-0.3, -0.25) is 19.3 Å². The minimum absolute atomic E-state index is 0.158. The molecule has 6 nitrogen and oxygen atoms in total. The lowest BCUT2D eigenvalue weighted by molar-refractivity contribution is -0.143. The summed E-state index contributed by atoms with van der Waals surface area (Å²) >= 11 is 0. The Morgan fingerprint density at radius 2 is 1.71 bits per heavy atom. The molecule has 24 heavy (non-hydrogen) atoms. The largest absolute Gasteiger partial charge is 0.497 e. The summed E-state index contributed by atoms with van der Waals surface area (Å²) in [4.78, 5) is 38.4. The van der Waals surface area contributed by atoms with Crippen LogP contribution in [0.15, 0.2) is 36.4 Å². The first kappa shape index (κ1) is 14.9. The second-order valence-corrected chi connectivity index (χ2v) is 6.54. The molecule has 1 heterocycles. The van der Waals surface area contributed by atoms with Crippen molar-refractivity contribution in [3.05, 3.63) is 36.4 Å². The van der Waals surface area contributed by atoms with Crippen LogP contribution in [0, 0.1) is 23.7 Å². The Morgan fingerprint density at radius 3 is 2.25 bits per heavy atom. The number of fused-ring (bicyclic) bond motifs is 5. The number of benzene rings is 1. The summed E-state index contributed by atoms with van der Waals surface area (Å²) in [5.74, 6) is -0.297. The van der Waals surface area contributed by atoms with Gasteiger partial charge in [-0.15, -0.1) is 0 Å². The third-order valence-corrected chi connectivity index (χ3v) is 5.24. The highest BCUT2D eigenvalue weighted by atomic mass is 16.5. The summed E-state index contributed by atoms with van der Waals surface area (Å²) in [6.45, 7) is -0.226. The number of likely N-dealkylation sites (tertiary alicyclic amines) is 1. The van der Waals surface area contributed by atoms with Crippen LogP contribution in [0.3, 0.4) is 0 Å². The summed E-state index contributed by atoms with van der Waals surface area (Å²) in [5, 5.41) is 2.71. The monoisotopic (exact) mass is 326 g/mol. The third-order valence-electron chi connectivity index (χ3n) is 5.24. The van der Waals surface area contributed by atoms with Crippen LogP contribution in [0.5, 0.6) is 5.75 Å². The Morgan fingerprint density at radius 1 is 1.12 bits per heavy atom. The van der Waals surface area contributed by atoms with E-state index in [0.29, 0.717) is 11.4 Å². The number of allylic oxidation sites excluding steroid dienone is 2. The molecule has 2 aliphatic carbocycles. The zero-order valence-corrected chi connectivity index (χ0v) is 13.3. The van der Waals surface area contributed by atoms with Gasteiger partial charge >= 0.3 is 0 Å². The lowest BCUT2D eigenvalue weighted by atomic mass is 9.85. The number of carbonyl (C=O) groups excluding carboxylic acids is 3. The number of amides is 3. The lowest BCUT2D eigenvalue weighted by Gasteiger charge is -2.16. The van der Waals surface area contributed by atoms with Crippen molar-refractivity contribution in [3.8, 4) is 5.75 Å². The van der Waals surface area contributed by atoms with Crippen molar-refractivity contribution < 1.29 is 19.1 Å². The molecule has 4 rings (SSSR count). The Balaban J connectivity index is 1.43. The number of hydrogen-bond donors (Lipinski definition) is 1. The summed E-state index contributed by atoms with van der Waals surface area (Å²) in [6.07, 6.45) is 4.97. The number of anilines is 1. The molecule has 2 bridgehead atoms. The van der Waals surface area contributed by atoms with Crippen molar-refractivity contribution in [1.29, 1.82) is 0 Å². The zero-order valence-electron chi connectivity index (χ0n) is 13.3. The van der Waals surface area contributed by atoms with Gasteiger partial charge in [-0.25, -0.2) is 0 Å². The minimum Gasteiger partial charge on any atom is -0.497 e. The molecule has 3 amide bonds. The fraction of sp³-hybridized carbons (Fsp3) is 0.389. The molecule has 1 aromatic rings. The molecule has 0 spiro atoms. The molecule has 2 fully saturated rings. The van der Waals surface area contributed by atoms with Crippen LogP contribution >= 0.6 is 0 Å². The van der Waals surface area contributed by atoms with Crippen molar-refractivity contribution in [2.75, 3.05) is 19.0 Å². The van der Waals surface area contributed by atoms with Crippen molar-refractivity contribution >= 4 is 23.4 Å². The first-order chi connectivity index (χ1) is 11.6. The van der Waals surface area contributed by atoms with Crippen LogP contribution in [0.2, 0.25) is 0 Å². The van der Waals surface area contributed by atoms with Gasteiger partial charge in [-0.05, 0) is 42.5 Å². The van der Waals surface area contributed by atoms with E-state index < -0.39 is 0 Å². The highest BCUT2D eigenvalue weighted by Crippen LogP contribution is 2.52. The quantitative estimate of drug-likeness (QED) is 0.671. The molecule has 1 N–H and O–H groups in total. The highest BCUT2D eigenvalue weighted by Gasteiger charge is 2.59. The second-order valence-electron chi connectivity index (χ2n) is 6.54. The number of carbonyl (C=O) groups is 3. The van der Waals surface area contributed by atoms with E-state index in [1.54, 1.807) is 31.4 Å². The fourth-order valence-corrected chi connectivity index (χ4v) is 4.14. The van der Waals surface area contributed by atoms with Crippen LogP contribution in [-0.4, -0.2) is 36.3 Å². The average molecular weight is 326 g/mol. The van der Waals surface area contributed by atoms with Crippen molar-refractivity contribution in [2.24, 2.45) is 23.7 Å². The van der Waals surface area contributed by atoms with Crippen LogP contribution in [0.1, 0.15) is 6.42 Å². The van der Waals surface area contributed by atoms with E-state index in [9.17, 15) is 14.4 Å². The molecule has 6 heteroatoms. The predicted octanol–water partition coefficient (Wildman–Crippen LogP) is 1.44. The van der Waals surface area contributed by atoms with Gasteiger partial charge in [0.2, 0.25) is 17.7 Å². The zero-order chi connectivity index (χ0) is 16.8. The van der Waals surface area contributed by atoms with E-state index in [1.807, 2.05) is 12.2 Å². The summed E-state index contributed by atoms with van der Waals surface area (Å²) in [5.41, 5.74) is 0.599. The van der Waals surface area contributed by atoms with Gasteiger partial charge in [0.25, 0.3) is 0 Å². The first-order valence-electron chi connectivity index (χ1n) is 8.06. The maximum absolute atomic E-state index is 12.5. The maximum Gasteiger partial charge on any atom is 0.244 e. The summed E-state index contributed by atoms with van der Waals surface area (Å²) in [7, 11) is 1.57. The molecule has 0 aromatic heterocycles. The third kappa shape index (κ3) is 2.21. The van der Waals surface area contributed by atoms with Gasteiger partial charge in [0.1, 0.15) is 12.3 Å². The summed E-state index contributed by atoms with van der Waals surface area (Å²) < 4.78 is 5.06. The smallest absolute Gasteiger partial charge is 0.244 e. The molecule has 1 aromatic carbocycles. The lowest BCUT2D eigenvalue weighted by Crippen LogP contribution is -2.39. The minimum atomic E-state index is -0.373. The van der Waals surface area contributed by atoms with E-state index in [-0.39, 0.29) is 47.9 Å². The van der Waals surface area contributed by atoms with Gasteiger partial charge in [0.15, 0.2) is 0 Å². The van der Waals surface area contributed by atoms with Crippen molar-refractivity contribution in [3.63, 3.8) is 0 Å². The molecule has 124 valence electrons. The van der Waals surface area contributed by atoms with E-state index in [4.69, 9.17) is 4.74 Å². The molecule has 0 radical (unpaired) electrons. The van der Waals surface area contributed by atoms with Gasteiger partial charge in [0, 0.05) is 5.69 Å². The van der Waals surface area contributed by atoms with Crippen molar-refractivity contribution in [1.82, 2.24) is 4.90 Å². The normalized spacial score (nSPS) is 30.0. The average Bonchev–Trinajstić information content (AvgIpc) is 3.25. The number of hydrogen-bond acceptors (Lipinski definition) is 4. The SMILES string of the molecule is COc1ccc(NC(=O)CN2C(=O)C3C(C2=O)[C@H]2C=C[C@@H]3C2)cc1. The molecular weight excluding hydrogens is 308 g/mol. The van der Waals surface area contributed by atoms with Gasteiger partial charge in [-0.1, -0.05) is 12.2 Å². The Hall–Kier alpha value is -2.63. The topological polar surface area (TPSA) is 75.7 Å². The van der Waals surface area contributed by atoms with Crippen LogP contribution in [0.4, 0.5) is 5.69 Å². The summed E-state index contributed by atoms with van der Waals surface area (Å²) in [6, 6.07) is 6.89. The van der Waals surface area contributed by atoms with Gasteiger partial charge in [-0.2, -0.15) is 0 Å². The second kappa shape index (κ2) is 5.47. The van der Waals surface area contributed by atoms with E-state index in [0.717, 1.165) is 11.3 Å². The number of rotatable bonds is 4. The standard InChI is InChI=1S/C18H18N2O4/c1-24-13-6-4-12(5-7-13)19-14(21)9-20-17(22)15-10-2-3-11(8-10)16(15)18(20)23/h2-7,10-11,15-16H,8-9H2,1H3,(H,19,21)/t10-,11+,15?,16?. The number of methoxy groups -OCH3 is 1. The van der Waals surface area contributed by atoms with Crippen molar-refractivity contribution in [2.45, 2.75) is 6.42 Å². The first-order valence-corrected chi connectivity index (χ1v) is 8.06. The Kier molecular flexibility index (Phi) is 3.40. The van der Waals surface area contributed by atoms with Crippen LogP contribution in [0.25, 0.3) is 0 Å². The molecular formula is C18H18N2O4. The van der Waals surface area contributed by atoms with Crippen LogP contribution < -0.4 is 10.1 Å². The Bertz CT molecular complexity index is 710. The predicted molar refractivity (Wildman–Crippen MR) is 86.1 cm³/mol. The van der Waals surface area contributed by atoms with Gasteiger partial charge < -0.3 is 10.1 Å². The Labute approximate surface area is 139 Å². The molecule has 4 atom stereocenters. The maximum atomic E-state index is 12.5. The van der Waals surface area contributed by atoms with E-state index in [1.165, 1.54) is 0 Å². The number of nitrogens with one attached hydrogen (secondary N) is 1. The van der Waals surface area contributed by atoms with Crippen LogP contribution in [-0.2, 0) is 14.4 Å².